The minimum atomic E-state index is -0.419. The summed E-state index contributed by atoms with van der Waals surface area (Å²) in [6.07, 6.45) is 0. The van der Waals surface area contributed by atoms with Crippen molar-refractivity contribution in [3.8, 4) is 0 Å². The van der Waals surface area contributed by atoms with Crippen LogP contribution < -0.4 is 5.32 Å². The fourth-order valence-corrected chi connectivity index (χ4v) is 2.40. The van der Waals surface area contributed by atoms with E-state index in [4.69, 9.17) is 11.6 Å². The van der Waals surface area contributed by atoms with Crippen LogP contribution in [-0.4, -0.2) is 26.0 Å². The predicted molar refractivity (Wildman–Crippen MR) is 84.4 cm³/mol. The first kappa shape index (κ1) is 15.8. The number of amides is 1. The van der Waals surface area contributed by atoms with Crippen LogP contribution in [0.2, 0.25) is 0 Å². The van der Waals surface area contributed by atoms with Crippen molar-refractivity contribution in [1.29, 1.82) is 0 Å². The lowest BCUT2D eigenvalue weighted by atomic mass is 10.1. The Hall–Kier alpha value is -1.62. The monoisotopic (exact) mass is 308 g/mol. The van der Waals surface area contributed by atoms with Crippen molar-refractivity contribution in [2.45, 2.75) is 52.1 Å². The summed E-state index contributed by atoms with van der Waals surface area (Å²) in [7, 11) is 0. The molecule has 0 aromatic carbocycles. The van der Waals surface area contributed by atoms with Gasteiger partial charge in [0.15, 0.2) is 5.65 Å². The van der Waals surface area contributed by atoms with Gasteiger partial charge >= 0.3 is 0 Å². The van der Waals surface area contributed by atoms with Gasteiger partial charge in [0.2, 0.25) is 5.91 Å². The molecule has 0 fully saturated rings. The highest BCUT2D eigenvalue weighted by molar-refractivity contribution is 6.16. The van der Waals surface area contributed by atoms with Gasteiger partial charge in [0.05, 0.1) is 5.88 Å². The first-order valence-electron chi connectivity index (χ1n) is 6.95. The average Bonchev–Trinajstić information content (AvgIpc) is 2.73. The summed E-state index contributed by atoms with van der Waals surface area (Å²) in [4.78, 5) is 21.4. The van der Waals surface area contributed by atoms with Crippen LogP contribution in [0.3, 0.4) is 0 Å². The van der Waals surface area contributed by atoms with Crippen molar-refractivity contribution in [2.75, 3.05) is 0 Å². The quantitative estimate of drug-likeness (QED) is 0.887. The number of nitrogens with zero attached hydrogens (tertiary/aromatic N) is 3. The van der Waals surface area contributed by atoms with E-state index in [-0.39, 0.29) is 17.3 Å². The van der Waals surface area contributed by atoms with Crippen LogP contribution in [0.4, 0.5) is 0 Å². The third-order valence-corrected chi connectivity index (χ3v) is 3.37. The molecule has 0 spiro atoms. The van der Waals surface area contributed by atoms with E-state index < -0.39 is 6.04 Å². The third kappa shape index (κ3) is 3.35. The Morgan fingerprint density at radius 3 is 2.62 bits per heavy atom. The van der Waals surface area contributed by atoms with Gasteiger partial charge in [-0.2, -0.15) is 0 Å². The van der Waals surface area contributed by atoms with Crippen LogP contribution in [0.15, 0.2) is 12.1 Å². The molecule has 0 aliphatic carbocycles. The second-order valence-corrected chi connectivity index (χ2v) is 6.51. The number of hydrogen-bond acceptors (Lipinski definition) is 3. The molecule has 1 atom stereocenters. The standard InChI is InChI=1S/C15H21ClN4O/c1-9-6-7-11-13(17-9)20(12(8-16)18-11)10(2)14(21)19-15(3,4)5/h6-7,10H,8H2,1-5H3,(H,19,21). The van der Waals surface area contributed by atoms with Gasteiger partial charge in [0.1, 0.15) is 17.4 Å². The van der Waals surface area contributed by atoms with E-state index in [1.165, 1.54) is 0 Å². The zero-order chi connectivity index (χ0) is 15.8. The highest BCUT2D eigenvalue weighted by Crippen LogP contribution is 2.22. The summed E-state index contributed by atoms with van der Waals surface area (Å²) in [5.74, 6) is 0.820. The fourth-order valence-electron chi connectivity index (χ4n) is 2.21. The van der Waals surface area contributed by atoms with Gasteiger partial charge in [-0.1, -0.05) is 0 Å². The summed E-state index contributed by atoms with van der Waals surface area (Å²) < 4.78 is 1.82. The minimum absolute atomic E-state index is 0.0727. The lowest BCUT2D eigenvalue weighted by molar-refractivity contribution is -0.125. The zero-order valence-electron chi connectivity index (χ0n) is 13.1. The molecule has 2 heterocycles. The summed E-state index contributed by atoms with van der Waals surface area (Å²) >= 11 is 5.98. The fraction of sp³-hybridized carbons (Fsp3) is 0.533. The molecule has 0 saturated heterocycles. The van der Waals surface area contributed by atoms with Gasteiger partial charge in [-0.25, -0.2) is 9.97 Å². The second-order valence-electron chi connectivity index (χ2n) is 6.24. The van der Waals surface area contributed by atoms with Crippen molar-refractivity contribution in [3.05, 3.63) is 23.7 Å². The number of halogens is 1. The molecule has 2 aromatic heterocycles. The molecule has 0 saturated carbocycles. The average molecular weight is 309 g/mol. The molecule has 0 aliphatic rings. The first-order chi connectivity index (χ1) is 9.73. The maximum absolute atomic E-state index is 12.4. The lowest BCUT2D eigenvalue weighted by Crippen LogP contribution is -2.44. The van der Waals surface area contributed by atoms with E-state index in [0.717, 1.165) is 11.2 Å². The highest BCUT2D eigenvalue weighted by Gasteiger charge is 2.24. The molecule has 21 heavy (non-hydrogen) atoms. The Kier molecular flexibility index (Phi) is 4.23. The second kappa shape index (κ2) is 5.64. The number of fused-ring (bicyclic) bond motifs is 1. The molecule has 1 unspecified atom stereocenters. The number of rotatable bonds is 3. The Morgan fingerprint density at radius 2 is 2.05 bits per heavy atom. The van der Waals surface area contributed by atoms with E-state index in [2.05, 4.69) is 15.3 Å². The van der Waals surface area contributed by atoms with Crippen molar-refractivity contribution in [1.82, 2.24) is 19.9 Å². The van der Waals surface area contributed by atoms with Gasteiger partial charge < -0.3 is 5.32 Å². The highest BCUT2D eigenvalue weighted by atomic mass is 35.5. The van der Waals surface area contributed by atoms with Gasteiger partial charge in [-0.15, -0.1) is 11.6 Å². The zero-order valence-corrected chi connectivity index (χ0v) is 13.8. The molecule has 0 bridgehead atoms. The summed E-state index contributed by atoms with van der Waals surface area (Å²) in [5.41, 5.74) is 2.05. The van der Waals surface area contributed by atoms with Gasteiger partial charge in [0, 0.05) is 11.2 Å². The minimum Gasteiger partial charge on any atom is -0.350 e. The first-order valence-corrected chi connectivity index (χ1v) is 7.49. The topological polar surface area (TPSA) is 59.8 Å². The normalized spacial score (nSPS) is 13.4. The molecule has 1 amide bonds. The van der Waals surface area contributed by atoms with E-state index in [9.17, 15) is 4.79 Å². The van der Waals surface area contributed by atoms with Crippen LogP contribution in [0, 0.1) is 6.92 Å². The number of nitrogens with one attached hydrogen (secondary N) is 1. The van der Waals surface area contributed by atoms with Gasteiger partial charge in [-0.3, -0.25) is 9.36 Å². The molecule has 6 heteroatoms. The smallest absolute Gasteiger partial charge is 0.243 e. The molecular formula is C15H21ClN4O. The molecule has 1 N–H and O–H groups in total. The number of pyridine rings is 1. The summed E-state index contributed by atoms with van der Waals surface area (Å²) in [5, 5.41) is 2.98. The maximum Gasteiger partial charge on any atom is 0.243 e. The lowest BCUT2D eigenvalue weighted by Gasteiger charge is -2.24. The largest absolute Gasteiger partial charge is 0.350 e. The van der Waals surface area contributed by atoms with E-state index in [1.807, 2.05) is 51.3 Å². The van der Waals surface area contributed by atoms with Crippen molar-refractivity contribution in [2.24, 2.45) is 0 Å². The molecule has 0 radical (unpaired) electrons. The summed E-state index contributed by atoms with van der Waals surface area (Å²) in [6.45, 7) is 9.61. The summed E-state index contributed by atoms with van der Waals surface area (Å²) in [6, 6.07) is 3.38. The van der Waals surface area contributed by atoms with E-state index >= 15 is 0 Å². The van der Waals surface area contributed by atoms with Gasteiger partial charge in [0.25, 0.3) is 0 Å². The molecular weight excluding hydrogens is 288 g/mol. The predicted octanol–water partition coefficient (Wildman–Crippen LogP) is 2.95. The van der Waals surface area contributed by atoms with Gasteiger partial charge in [-0.05, 0) is 46.8 Å². The van der Waals surface area contributed by atoms with Crippen molar-refractivity contribution < 1.29 is 4.79 Å². The number of aromatic nitrogens is 3. The van der Waals surface area contributed by atoms with Crippen LogP contribution in [-0.2, 0) is 10.7 Å². The number of aryl methyl sites for hydroxylation is 1. The number of carbonyl (C=O) groups is 1. The molecule has 5 nitrogen and oxygen atoms in total. The molecule has 2 rings (SSSR count). The molecule has 2 aromatic rings. The third-order valence-electron chi connectivity index (χ3n) is 3.13. The molecule has 0 aliphatic heterocycles. The SMILES string of the molecule is Cc1ccc2nc(CCl)n(C(C)C(=O)NC(C)(C)C)c2n1. The van der Waals surface area contributed by atoms with Crippen molar-refractivity contribution >= 4 is 28.7 Å². The molecule has 114 valence electrons. The van der Waals surface area contributed by atoms with Crippen molar-refractivity contribution in [3.63, 3.8) is 0 Å². The number of carbonyl (C=O) groups excluding carboxylic acids is 1. The van der Waals surface area contributed by atoms with Crippen LogP contribution in [0.1, 0.15) is 45.3 Å². The number of hydrogen-bond donors (Lipinski definition) is 1. The van der Waals surface area contributed by atoms with Crippen LogP contribution in [0.25, 0.3) is 11.2 Å². The maximum atomic E-state index is 12.4. The number of imidazole rings is 1. The van der Waals surface area contributed by atoms with Crippen LogP contribution in [0.5, 0.6) is 0 Å². The Labute approximate surface area is 129 Å². The Balaban J connectivity index is 2.48. The Bertz CT molecular complexity index is 672. The van der Waals surface area contributed by atoms with E-state index in [0.29, 0.717) is 11.5 Å². The van der Waals surface area contributed by atoms with E-state index in [1.54, 1.807) is 0 Å². The Morgan fingerprint density at radius 1 is 1.38 bits per heavy atom. The number of alkyl halides is 1. The van der Waals surface area contributed by atoms with Crippen LogP contribution >= 0.6 is 11.6 Å².